The van der Waals surface area contributed by atoms with E-state index in [1.54, 1.807) is 6.20 Å². The summed E-state index contributed by atoms with van der Waals surface area (Å²) in [6.45, 7) is 2.06. The highest BCUT2D eigenvalue weighted by Gasteiger charge is 2.16. The number of nitroso groups, excluding NO2 is 1. The summed E-state index contributed by atoms with van der Waals surface area (Å²) in [6, 6.07) is 10.5. The van der Waals surface area contributed by atoms with Gasteiger partial charge in [-0.05, 0) is 29.3 Å². The minimum Gasteiger partial charge on any atom is -0.279 e. The van der Waals surface area contributed by atoms with Gasteiger partial charge >= 0.3 is 0 Å². The molecule has 0 N–H and O–H groups in total. The first-order valence-corrected chi connectivity index (χ1v) is 6.34. The average molecular weight is 269 g/mol. The highest BCUT2D eigenvalue weighted by atomic mass is 19.1. The number of hydrogen-bond donors (Lipinski definition) is 0. The van der Waals surface area contributed by atoms with E-state index in [2.05, 4.69) is 17.1 Å². The molecule has 0 fully saturated rings. The zero-order valence-corrected chi connectivity index (χ0v) is 10.9. The predicted octanol–water partition coefficient (Wildman–Crippen LogP) is 4.10. The van der Waals surface area contributed by atoms with Gasteiger partial charge in [0.05, 0.1) is 0 Å². The summed E-state index contributed by atoms with van der Waals surface area (Å²) < 4.78 is 15.1. The average Bonchev–Trinajstić information content (AvgIpc) is 2.87. The van der Waals surface area contributed by atoms with Crippen LogP contribution in [0.5, 0.6) is 0 Å². The second-order valence-electron chi connectivity index (χ2n) is 4.48. The Bertz CT molecular complexity index is 778. The minimum atomic E-state index is -0.478. The summed E-state index contributed by atoms with van der Waals surface area (Å²) in [6.07, 6.45) is 2.50. The molecule has 0 saturated heterocycles. The summed E-state index contributed by atoms with van der Waals surface area (Å²) >= 11 is 0. The van der Waals surface area contributed by atoms with Gasteiger partial charge in [0, 0.05) is 11.8 Å². The standard InChI is InChI=1S/C15H12FN3O/c1-2-10-5-7-11(8-6-10)13-15(18-20)19-9-3-4-12(16)14(19)17-13/h3-9H,2H2,1H3. The van der Waals surface area contributed by atoms with Crippen molar-refractivity contribution in [2.75, 3.05) is 0 Å². The lowest BCUT2D eigenvalue weighted by Crippen LogP contribution is -1.86. The normalized spacial score (nSPS) is 10.9. The van der Waals surface area contributed by atoms with Gasteiger partial charge in [0.15, 0.2) is 11.5 Å². The van der Waals surface area contributed by atoms with E-state index in [0.29, 0.717) is 5.69 Å². The maximum Gasteiger partial charge on any atom is 0.209 e. The highest BCUT2D eigenvalue weighted by molar-refractivity contribution is 5.74. The lowest BCUT2D eigenvalue weighted by Gasteiger charge is -2.00. The largest absolute Gasteiger partial charge is 0.279 e. The van der Waals surface area contributed by atoms with Crippen molar-refractivity contribution >= 4 is 11.5 Å². The third-order valence-corrected chi connectivity index (χ3v) is 3.30. The van der Waals surface area contributed by atoms with Crippen LogP contribution in [0, 0.1) is 10.7 Å². The van der Waals surface area contributed by atoms with Crippen LogP contribution in [0.3, 0.4) is 0 Å². The lowest BCUT2D eigenvalue weighted by atomic mass is 10.1. The van der Waals surface area contributed by atoms with Crippen LogP contribution in [0.25, 0.3) is 16.9 Å². The number of aromatic nitrogens is 2. The molecule has 0 saturated carbocycles. The molecule has 0 radical (unpaired) electrons. The maximum atomic E-state index is 13.7. The van der Waals surface area contributed by atoms with Crippen molar-refractivity contribution in [3.05, 3.63) is 58.9 Å². The summed E-state index contributed by atoms with van der Waals surface area (Å²) in [5.41, 5.74) is 2.44. The van der Waals surface area contributed by atoms with Gasteiger partial charge in [0.25, 0.3) is 0 Å². The number of pyridine rings is 1. The monoisotopic (exact) mass is 269 g/mol. The Labute approximate surface area is 114 Å². The molecule has 0 aliphatic carbocycles. The SMILES string of the molecule is CCc1ccc(-c2nc3c(F)cccn3c2N=O)cc1. The van der Waals surface area contributed by atoms with Crippen molar-refractivity contribution in [3.8, 4) is 11.3 Å². The van der Waals surface area contributed by atoms with E-state index >= 15 is 0 Å². The topological polar surface area (TPSA) is 46.7 Å². The van der Waals surface area contributed by atoms with Crippen LogP contribution in [-0.2, 0) is 6.42 Å². The van der Waals surface area contributed by atoms with Gasteiger partial charge in [-0.25, -0.2) is 9.37 Å². The fourth-order valence-corrected chi connectivity index (χ4v) is 2.20. The third kappa shape index (κ3) is 1.87. The van der Waals surface area contributed by atoms with Crippen LogP contribution in [0.15, 0.2) is 47.8 Å². The Morgan fingerprint density at radius 3 is 2.65 bits per heavy atom. The summed E-state index contributed by atoms with van der Waals surface area (Å²) in [5.74, 6) is -0.363. The number of fused-ring (bicyclic) bond motifs is 1. The number of hydrogen-bond acceptors (Lipinski definition) is 3. The molecule has 100 valence electrons. The van der Waals surface area contributed by atoms with Crippen molar-refractivity contribution in [3.63, 3.8) is 0 Å². The van der Waals surface area contributed by atoms with Gasteiger partial charge in [-0.3, -0.25) is 4.40 Å². The molecule has 5 heteroatoms. The van der Waals surface area contributed by atoms with E-state index in [-0.39, 0.29) is 11.5 Å². The molecule has 4 nitrogen and oxygen atoms in total. The summed E-state index contributed by atoms with van der Waals surface area (Å²) in [4.78, 5) is 15.3. The molecule has 20 heavy (non-hydrogen) atoms. The molecule has 3 aromatic rings. The maximum absolute atomic E-state index is 13.7. The predicted molar refractivity (Wildman–Crippen MR) is 75.4 cm³/mol. The van der Waals surface area contributed by atoms with Crippen LogP contribution in [-0.4, -0.2) is 9.38 Å². The van der Waals surface area contributed by atoms with Gasteiger partial charge in [0.1, 0.15) is 5.69 Å². The zero-order valence-electron chi connectivity index (χ0n) is 10.9. The Balaban J connectivity index is 2.24. The fraction of sp³-hybridized carbons (Fsp3) is 0.133. The number of aryl methyl sites for hydroxylation is 1. The van der Waals surface area contributed by atoms with Crippen molar-refractivity contribution in [2.24, 2.45) is 5.18 Å². The molecular formula is C15H12FN3O. The zero-order chi connectivity index (χ0) is 14.1. The van der Waals surface area contributed by atoms with Crippen LogP contribution < -0.4 is 0 Å². The second-order valence-corrected chi connectivity index (χ2v) is 4.48. The first-order chi connectivity index (χ1) is 9.74. The Morgan fingerprint density at radius 1 is 1.25 bits per heavy atom. The Kier molecular flexibility index (Phi) is 3.02. The van der Waals surface area contributed by atoms with Gasteiger partial charge in [-0.2, -0.15) is 0 Å². The molecule has 0 aliphatic rings. The van der Waals surface area contributed by atoms with Crippen LogP contribution in [0.4, 0.5) is 10.2 Å². The van der Waals surface area contributed by atoms with Crippen molar-refractivity contribution < 1.29 is 4.39 Å². The smallest absolute Gasteiger partial charge is 0.209 e. The highest BCUT2D eigenvalue weighted by Crippen LogP contribution is 2.31. The second kappa shape index (κ2) is 4.85. The third-order valence-electron chi connectivity index (χ3n) is 3.30. The van der Waals surface area contributed by atoms with E-state index in [4.69, 9.17) is 0 Å². The quantitative estimate of drug-likeness (QED) is 0.672. The van der Waals surface area contributed by atoms with Crippen molar-refractivity contribution in [1.82, 2.24) is 9.38 Å². The molecule has 2 aromatic heterocycles. The molecule has 0 spiro atoms. The van der Waals surface area contributed by atoms with E-state index in [0.717, 1.165) is 12.0 Å². The number of benzene rings is 1. The number of rotatable bonds is 3. The molecule has 0 amide bonds. The summed E-state index contributed by atoms with van der Waals surface area (Å²) in [5, 5.41) is 3.00. The van der Waals surface area contributed by atoms with Crippen molar-refractivity contribution in [1.29, 1.82) is 0 Å². The van der Waals surface area contributed by atoms with Gasteiger partial charge in [-0.15, -0.1) is 4.91 Å². The number of halogens is 1. The Hall–Kier alpha value is -2.56. The minimum absolute atomic E-state index is 0.108. The van der Waals surface area contributed by atoms with Crippen molar-refractivity contribution in [2.45, 2.75) is 13.3 Å². The van der Waals surface area contributed by atoms with Crippen LogP contribution in [0.2, 0.25) is 0 Å². The molecule has 0 atom stereocenters. The fourth-order valence-electron chi connectivity index (χ4n) is 2.20. The van der Waals surface area contributed by atoms with E-state index in [1.807, 2.05) is 24.3 Å². The van der Waals surface area contributed by atoms with E-state index < -0.39 is 5.82 Å². The molecule has 2 heterocycles. The molecular weight excluding hydrogens is 257 g/mol. The number of nitrogens with zero attached hydrogens (tertiary/aromatic N) is 3. The van der Waals surface area contributed by atoms with E-state index in [1.165, 1.54) is 22.1 Å². The van der Waals surface area contributed by atoms with Gasteiger partial charge in [-0.1, -0.05) is 31.2 Å². The first kappa shape index (κ1) is 12.5. The molecule has 0 bridgehead atoms. The first-order valence-electron chi connectivity index (χ1n) is 6.34. The van der Waals surface area contributed by atoms with Gasteiger partial charge in [0.2, 0.25) is 5.82 Å². The molecule has 3 rings (SSSR count). The van der Waals surface area contributed by atoms with Crippen LogP contribution in [0.1, 0.15) is 12.5 Å². The molecule has 0 aliphatic heterocycles. The lowest BCUT2D eigenvalue weighted by molar-refractivity contribution is 0.630. The molecule has 0 unspecified atom stereocenters. The van der Waals surface area contributed by atoms with Gasteiger partial charge < -0.3 is 0 Å². The number of imidazole rings is 1. The van der Waals surface area contributed by atoms with E-state index in [9.17, 15) is 9.30 Å². The van der Waals surface area contributed by atoms with Crippen LogP contribution >= 0.6 is 0 Å². The Morgan fingerprint density at radius 2 is 2.00 bits per heavy atom. The summed E-state index contributed by atoms with van der Waals surface area (Å²) in [7, 11) is 0. The molecule has 1 aromatic carbocycles.